The monoisotopic (exact) mass is 301 g/mol. The molecule has 22 heavy (non-hydrogen) atoms. The molecule has 0 fully saturated rings. The van der Waals surface area contributed by atoms with Crippen LogP contribution in [0.5, 0.6) is 5.75 Å². The standard InChI is InChI=1S/C17H16FNO3/c1-22-15-6-4-11-8-13(3-2-12(11)9-15)16-10-14(18)5-7-17(16)19(20)21/h4-7,9-10,13H,2-3,8H2,1H3. The summed E-state index contributed by atoms with van der Waals surface area (Å²) in [5.74, 6) is 0.354. The lowest BCUT2D eigenvalue weighted by molar-refractivity contribution is -0.385. The van der Waals surface area contributed by atoms with Crippen molar-refractivity contribution in [3.8, 4) is 5.75 Å². The number of benzene rings is 2. The van der Waals surface area contributed by atoms with Crippen LogP contribution in [-0.2, 0) is 12.8 Å². The number of nitrogens with zero attached hydrogens (tertiary/aromatic N) is 1. The summed E-state index contributed by atoms with van der Waals surface area (Å²) in [6.07, 6.45) is 2.26. The Morgan fingerprint density at radius 2 is 2.05 bits per heavy atom. The highest BCUT2D eigenvalue weighted by molar-refractivity contribution is 5.46. The van der Waals surface area contributed by atoms with E-state index in [1.807, 2.05) is 18.2 Å². The highest BCUT2D eigenvalue weighted by Crippen LogP contribution is 2.38. The molecule has 114 valence electrons. The molecule has 0 aliphatic heterocycles. The molecule has 0 aromatic heterocycles. The Labute approximate surface area is 127 Å². The molecule has 1 aliphatic carbocycles. The first-order valence-electron chi connectivity index (χ1n) is 7.18. The van der Waals surface area contributed by atoms with Crippen LogP contribution >= 0.6 is 0 Å². The van der Waals surface area contributed by atoms with Crippen LogP contribution in [0.25, 0.3) is 0 Å². The normalized spacial score (nSPS) is 16.9. The number of fused-ring (bicyclic) bond motifs is 1. The first-order valence-corrected chi connectivity index (χ1v) is 7.18. The average molecular weight is 301 g/mol. The van der Waals surface area contributed by atoms with Crippen LogP contribution in [0.4, 0.5) is 10.1 Å². The second kappa shape index (κ2) is 5.75. The zero-order chi connectivity index (χ0) is 15.7. The molecule has 4 nitrogen and oxygen atoms in total. The lowest BCUT2D eigenvalue weighted by Gasteiger charge is -2.25. The van der Waals surface area contributed by atoms with Gasteiger partial charge >= 0.3 is 0 Å². The van der Waals surface area contributed by atoms with E-state index < -0.39 is 10.7 Å². The summed E-state index contributed by atoms with van der Waals surface area (Å²) in [6, 6.07) is 9.59. The van der Waals surface area contributed by atoms with Crippen molar-refractivity contribution in [2.24, 2.45) is 0 Å². The van der Waals surface area contributed by atoms with Crippen LogP contribution in [0.3, 0.4) is 0 Å². The molecule has 0 heterocycles. The summed E-state index contributed by atoms with van der Waals surface area (Å²) in [5.41, 5.74) is 2.85. The van der Waals surface area contributed by atoms with E-state index in [4.69, 9.17) is 4.74 Å². The molecule has 3 rings (SSSR count). The van der Waals surface area contributed by atoms with Gasteiger partial charge in [0.05, 0.1) is 12.0 Å². The maximum Gasteiger partial charge on any atom is 0.273 e. The highest BCUT2D eigenvalue weighted by atomic mass is 19.1. The third kappa shape index (κ3) is 2.66. The first kappa shape index (κ1) is 14.5. The maximum atomic E-state index is 13.5. The number of hydrogen-bond acceptors (Lipinski definition) is 3. The Hall–Kier alpha value is -2.43. The van der Waals surface area contributed by atoms with E-state index in [0.29, 0.717) is 12.0 Å². The van der Waals surface area contributed by atoms with Gasteiger partial charge in [-0.1, -0.05) is 6.07 Å². The van der Waals surface area contributed by atoms with Crippen molar-refractivity contribution in [3.63, 3.8) is 0 Å². The van der Waals surface area contributed by atoms with Gasteiger partial charge in [-0.15, -0.1) is 0 Å². The molecule has 1 atom stereocenters. The second-order valence-corrected chi connectivity index (χ2v) is 5.53. The zero-order valence-electron chi connectivity index (χ0n) is 12.2. The minimum atomic E-state index is -0.432. The summed E-state index contributed by atoms with van der Waals surface area (Å²) in [4.78, 5) is 10.7. The molecule has 1 unspecified atom stereocenters. The Morgan fingerprint density at radius 1 is 1.23 bits per heavy atom. The molecule has 2 aromatic carbocycles. The number of halogens is 1. The molecule has 0 amide bonds. The molecular formula is C17H16FNO3. The molecule has 5 heteroatoms. The predicted molar refractivity (Wildman–Crippen MR) is 80.8 cm³/mol. The van der Waals surface area contributed by atoms with Gasteiger partial charge < -0.3 is 4.74 Å². The number of aryl methyl sites for hydroxylation is 1. The van der Waals surface area contributed by atoms with E-state index in [9.17, 15) is 14.5 Å². The molecular weight excluding hydrogens is 285 g/mol. The molecule has 1 aliphatic rings. The van der Waals surface area contributed by atoms with Gasteiger partial charge in [0.25, 0.3) is 5.69 Å². The molecule has 0 saturated heterocycles. The highest BCUT2D eigenvalue weighted by Gasteiger charge is 2.27. The Morgan fingerprint density at radius 3 is 2.77 bits per heavy atom. The van der Waals surface area contributed by atoms with Gasteiger partial charge in [-0.25, -0.2) is 4.39 Å². The molecule has 2 aromatic rings. The van der Waals surface area contributed by atoms with Crippen molar-refractivity contribution in [3.05, 3.63) is 69.0 Å². The van der Waals surface area contributed by atoms with Gasteiger partial charge in [-0.3, -0.25) is 10.1 Å². The zero-order valence-corrected chi connectivity index (χ0v) is 12.2. The van der Waals surface area contributed by atoms with E-state index in [0.717, 1.165) is 30.2 Å². The van der Waals surface area contributed by atoms with Gasteiger partial charge in [0.1, 0.15) is 11.6 Å². The fraction of sp³-hybridized carbons (Fsp3) is 0.294. The number of nitro groups is 1. The molecule has 0 saturated carbocycles. The number of rotatable bonds is 3. The summed E-state index contributed by atoms with van der Waals surface area (Å²) < 4.78 is 18.7. The number of ether oxygens (including phenoxy) is 1. The minimum absolute atomic E-state index is 0.00311. The summed E-state index contributed by atoms with van der Waals surface area (Å²) in [6.45, 7) is 0. The van der Waals surface area contributed by atoms with Gasteiger partial charge in [-0.2, -0.15) is 0 Å². The van der Waals surface area contributed by atoms with Crippen molar-refractivity contribution in [2.45, 2.75) is 25.2 Å². The minimum Gasteiger partial charge on any atom is -0.497 e. The van der Waals surface area contributed by atoms with Gasteiger partial charge in [0, 0.05) is 11.6 Å². The molecule has 0 spiro atoms. The van der Waals surface area contributed by atoms with Crippen molar-refractivity contribution in [1.29, 1.82) is 0 Å². The van der Waals surface area contributed by atoms with E-state index in [2.05, 4.69) is 0 Å². The van der Waals surface area contributed by atoms with Gasteiger partial charge in [-0.05, 0) is 60.6 Å². The second-order valence-electron chi connectivity index (χ2n) is 5.53. The summed E-state index contributed by atoms with van der Waals surface area (Å²) >= 11 is 0. The molecule has 0 N–H and O–H groups in total. The van der Waals surface area contributed by atoms with Crippen LogP contribution in [0.15, 0.2) is 36.4 Å². The lowest BCUT2D eigenvalue weighted by atomic mass is 9.79. The largest absolute Gasteiger partial charge is 0.497 e. The molecule has 0 radical (unpaired) electrons. The Bertz CT molecular complexity index is 730. The Balaban J connectivity index is 1.95. The van der Waals surface area contributed by atoms with Crippen LogP contribution in [-0.4, -0.2) is 12.0 Å². The summed E-state index contributed by atoms with van der Waals surface area (Å²) in [5, 5.41) is 11.2. The van der Waals surface area contributed by atoms with Crippen LogP contribution in [0, 0.1) is 15.9 Å². The van der Waals surface area contributed by atoms with Crippen molar-refractivity contribution >= 4 is 5.69 Å². The van der Waals surface area contributed by atoms with E-state index in [1.165, 1.54) is 17.7 Å². The topological polar surface area (TPSA) is 52.4 Å². The quantitative estimate of drug-likeness (QED) is 0.635. The van der Waals surface area contributed by atoms with Crippen molar-refractivity contribution in [2.75, 3.05) is 7.11 Å². The van der Waals surface area contributed by atoms with Crippen LogP contribution in [0.2, 0.25) is 0 Å². The van der Waals surface area contributed by atoms with Gasteiger partial charge in [0.2, 0.25) is 0 Å². The average Bonchev–Trinajstić information content (AvgIpc) is 2.53. The fourth-order valence-electron chi connectivity index (χ4n) is 3.14. The first-order chi connectivity index (χ1) is 10.6. The van der Waals surface area contributed by atoms with Crippen LogP contribution < -0.4 is 4.74 Å². The van der Waals surface area contributed by atoms with Crippen LogP contribution in [0.1, 0.15) is 29.0 Å². The van der Waals surface area contributed by atoms with E-state index in [1.54, 1.807) is 7.11 Å². The van der Waals surface area contributed by atoms with Crippen molar-refractivity contribution < 1.29 is 14.1 Å². The third-order valence-electron chi connectivity index (χ3n) is 4.27. The molecule has 0 bridgehead atoms. The third-order valence-corrected chi connectivity index (χ3v) is 4.27. The summed E-state index contributed by atoms with van der Waals surface area (Å²) in [7, 11) is 1.63. The number of nitro benzene ring substituents is 1. The number of methoxy groups -OCH3 is 1. The Kier molecular flexibility index (Phi) is 3.79. The van der Waals surface area contributed by atoms with E-state index in [-0.39, 0.29) is 11.6 Å². The predicted octanol–water partition coefficient (Wildman–Crippen LogP) is 4.02. The smallest absolute Gasteiger partial charge is 0.273 e. The van der Waals surface area contributed by atoms with Crippen molar-refractivity contribution in [1.82, 2.24) is 0 Å². The number of hydrogen-bond donors (Lipinski definition) is 0. The van der Waals surface area contributed by atoms with E-state index >= 15 is 0 Å². The van der Waals surface area contributed by atoms with Gasteiger partial charge in [0.15, 0.2) is 0 Å². The fourth-order valence-corrected chi connectivity index (χ4v) is 3.14. The SMILES string of the molecule is COc1ccc2c(c1)CCC(c1cc(F)ccc1[N+](=O)[O-])C2. The maximum absolute atomic E-state index is 13.5. The lowest BCUT2D eigenvalue weighted by Crippen LogP contribution is -2.14.